The van der Waals surface area contributed by atoms with Crippen LogP contribution < -0.4 is 0 Å². The molecule has 1 unspecified atom stereocenters. The lowest BCUT2D eigenvalue weighted by atomic mass is 9.94. The Hall–Kier alpha value is -8.08. The third kappa shape index (κ3) is 6.30. The van der Waals surface area contributed by atoms with Gasteiger partial charge in [0.05, 0.1) is 39.5 Å². The van der Waals surface area contributed by atoms with E-state index in [0.717, 1.165) is 34.8 Å². The Morgan fingerprint density at radius 1 is 0.413 bits per heavy atom. The highest BCUT2D eigenvalue weighted by Crippen LogP contribution is 2.39. The molecule has 4 heterocycles. The van der Waals surface area contributed by atoms with Crippen molar-refractivity contribution in [2.75, 3.05) is 0 Å². The van der Waals surface area contributed by atoms with Crippen molar-refractivity contribution in [3.05, 3.63) is 224 Å². The second kappa shape index (κ2) is 15.1. The summed E-state index contributed by atoms with van der Waals surface area (Å²) in [6, 6.07) is 72.8. The van der Waals surface area contributed by atoms with Crippen LogP contribution >= 0.6 is 0 Å². The predicted molar refractivity (Wildman–Crippen MR) is 264 cm³/mol. The van der Waals surface area contributed by atoms with Crippen LogP contribution in [0.4, 0.5) is 0 Å². The number of allylic oxidation sites excluding steroid dienone is 1. The first-order valence-electron chi connectivity index (χ1n) is 21.8. The van der Waals surface area contributed by atoms with E-state index in [1.807, 2.05) is 18.3 Å². The lowest BCUT2D eigenvalue weighted by Crippen LogP contribution is -2.09. The van der Waals surface area contributed by atoms with Crippen molar-refractivity contribution in [1.29, 1.82) is 0 Å². The molecule has 3 aromatic heterocycles. The van der Waals surface area contributed by atoms with Gasteiger partial charge in [0, 0.05) is 50.2 Å². The summed E-state index contributed by atoms with van der Waals surface area (Å²) < 4.78 is 4.79. The Balaban J connectivity index is 0.880. The zero-order valence-electron chi connectivity index (χ0n) is 34.9. The second-order valence-electron chi connectivity index (χ2n) is 16.6. The van der Waals surface area contributed by atoms with Gasteiger partial charge in [-0.15, -0.1) is 0 Å². The summed E-state index contributed by atoms with van der Waals surface area (Å²) in [4.78, 5) is 9.68. The molecule has 12 rings (SSSR count). The number of nitrogens with zero attached hydrogens (tertiary/aromatic N) is 4. The average Bonchev–Trinajstić information content (AvgIpc) is 3.86. The first kappa shape index (κ1) is 36.7. The minimum absolute atomic E-state index is 0.291. The van der Waals surface area contributed by atoms with Gasteiger partial charge in [-0.3, -0.25) is 9.98 Å². The normalized spacial score (nSPS) is 13.9. The molecule has 1 aliphatic rings. The number of benzene rings is 8. The van der Waals surface area contributed by atoms with Gasteiger partial charge in [-0.05, 0) is 126 Å². The van der Waals surface area contributed by atoms with Gasteiger partial charge < -0.3 is 9.13 Å². The molecular formula is C59H42N4. The summed E-state index contributed by atoms with van der Waals surface area (Å²) in [5.41, 5.74) is 18.5. The number of para-hydroxylation sites is 2. The fourth-order valence-corrected chi connectivity index (χ4v) is 9.75. The van der Waals surface area contributed by atoms with Crippen LogP contribution in [0.25, 0.3) is 99.6 Å². The number of aliphatic imine (C=N–C) groups is 1. The molecule has 1 aliphatic heterocycles. The van der Waals surface area contributed by atoms with Crippen LogP contribution in [0.15, 0.2) is 224 Å². The van der Waals surface area contributed by atoms with E-state index in [1.165, 1.54) is 82.6 Å². The molecular weight excluding hydrogens is 765 g/mol. The van der Waals surface area contributed by atoms with Crippen molar-refractivity contribution in [1.82, 2.24) is 14.1 Å². The number of pyridine rings is 1. The molecule has 0 saturated heterocycles. The van der Waals surface area contributed by atoms with E-state index in [4.69, 9.17) is 4.99 Å². The Labute approximate surface area is 366 Å². The highest BCUT2D eigenvalue weighted by atomic mass is 15.0. The van der Waals surface area contributed by atoms with Gasteiger partial charge >= 0.3 is 0 Å². The Morgan fingerprint density at radius 3 is 1.41 bits per heavy atom. The number of rotatable bonds is 7. The highest BCUT2D eigenvalue weighted by Gasteiger charge is 2.18. The zero-order chi connectivity index (χ0) is 41.9. The first-order valence-corrected chi connectivity index (χ1v) is 21.8. The van der Waals surface area contributed by atoms with Gasteiger partial charge in [0.25, 0.3) is 0 Å². The summed E-state index contributed by atoms with van der Waals surface area (Å²) in [5, 5.41) is 4.94. The third-order valence-electron chi connectivity index (χ3n) is 12.7. The SMILES string of the molecule is CC1CC=CC(c2ccccc2-c2ccc3c(c2)c2ccccc2n3-c2ccc(-c3ccc(-n4c5ccccc5c5cc(-c6ccccc6-c6ccccn6)ccc54)cc3)cc2)=N1. The Bertz CT molecular complexity index is 3590. The fraction of sp³-hybridized carbons (Fsp3) is 0.0508. The summed E-state index contributed by atoms with van der Waals surface area (Å²) >= 11 is 0. The second-order valence-corrected chi connectivity index (χ2v) is 16.6. The van der Waals surface area contributed by atoms with Crippen LogP contribution in [-0.4, -0.2) is 25.9 Å². The van der Waals surface area contributed by atoms with Gasteiger partial charge in [-0.25, -0.2) is 0 Å². The molecule has 0 bridgehead atoms. The summed E-state index contributed by atoms with van der Waals surface area (Å²) in [6.07, 6.45) is 7.27. The van der Waals surface area contributed by atoms with E-state index >= 15 is 0 Å². The molecule has 0 radical (unpaired) electrons. The first-order chi connectivity index (χ1) is 31.2. The minimum Gasteiger partial charge on any atom is -0.309 e. The Morgan fingerprint density at radius 2 is 0.873 bits per heavy atom. The molecule has 8 aromatic carbocycles. The largest absolute Gasteiger partial charge is 0.309 e. The van der Waals surface area contributed by atoms with Crippen molar-refractivity contribution < 1.29 is 0 Å². The van der Waals surface area contributed by atoms with Crippen LogP contribution in [0.5, 0.6) is 0 Å². The van der Waals surface area contributed by atoms with Crippen LogP contribution in [0.3, 0.4) is 0 Å². The van der Waals surface area contributed by atoms with Crippen LogP contribution in [0, 0.1) is 0 Å². The third-order valence-corrected chi connectivity index (χ3v) is 12.7. The maximum Gasteiger partial charge on any atom is 0.0708 e. The standard InChI is InChI=1S/C59H42N4/c1-39-13-12-21-55(61-39)49-17-5-3-15-47(49)43-29-35-59-53(38-43)51-19-7-9-23-57(51)63(59)45-32-26-41(27-33-45)40-24-30-44(31-25-40)62-56-22-8-6-18-50(56)52-37-42(28-34-58(52)62)46-14-2-4-16-48(46)54-20-10-11-36-60-54/h2-12,14-39H,13H2,1H3. The lowest BCUT2D eigenvalue weighted by Gasteiger charge is -2.15. The Kier molecular flexibility index (Phi) is 8.82. The van der Waals surface area contributed by atoms with E-state index in [9.17, 15) is 0 Å². The molecule has 4 heteroatoms. The van der Waals surface area contributed by atoms with Crippen molar-refractivity contribution in [3.63, 3.8) is 0 Å². The molecule has 0 fully saturated rings. The lowest BCUT2D eigenvalue weighted by molar-refractivity contribution is 0.753. The van der Waals surface area contributed by atoms with Gasteiger partial charge in [-0.2, -0.15) is 0 Å². The molecule has 298 valence electrons. The zero-order valence-corrected chi connectivity index (χ0v) is 34.9. The van der Waals surface area contributed by atoms with Gasteiger partial charge in [0.1, 0.15) is 0 Å². The highest BCUT2D eigenvalue weighted by molar-refractivity contribution is 6.15. The number of fused-ring (bicyclic) bond motifs is 6. The van der Waals surface area contributed by atoms with Crippen molar-refractivity contribution >= 4 is 49.3 Å². The van der Waals surface area contributed by atoms with Gasteiger partial charge in [0.15, 0.2) is 0 Å². The molecule has 0 spiro atoms. The smallest absolute Gasteiger partial charge is 0.0708 e. The van der Waals surface area contributed by atoms with Crippen molar-refractivity contribution in [2.24, 2.45) is 4.99 Å². The molecule has 11 aromatic rings. The maximum absolute atomic E-state index is 5.01. The summed E-state index contributed by atoms with van der Waals surface area (Å²) in [6.45, 7) is 2.18. The number of hydrogen-bond donors (Lipinski definition) is 0. The molecule has 0 aliphatic carbocycles. The van der Waals surface area contributed by atoms with Gasteiger partial charge in [-0.1, -0.05) is 133 Å². The molecule has 0 N–H and O–H groups in total. The molecule has 1 atom stereocenters. The van der Waals surface area contributed by atoms with Crippen LogP contribution in [-0.2, 0) is 0 Å². The monoisotopic (exact) mass is 806 g/mol. The molecule has 0 saturated carbocycles. The predicted octanol–water partition coefficient (Wildman–Crippen LogP) is 15.1. The van der Waals surface area contributed by atoms with Crippen LogP contribution in [0.2, 0.25) is 0 Å². The summed E-state index contributed by atoms with van der Waals surface area (Å²) in [5.74, 6) is 0. The van der Waals surface area contributed by atoms with E-state index in [0.29, 0.717) is 6.04 Å². The van der Waals surface area contributed by atoms with E-state index < -0.39 is 0 Å². The molecule has 4 nitrogen and oxygen atoms in total. The molecule has 63 heavy (non-hydrogen) atoms. The van der Waals surface area contributed by atoms with Crippen LogP contribution in [0.1, 0.15) is 18.9 Å². The van der Waals surface area contributed by atoms with E-state index in [1.54, 1.807) is 0 Å². The summed E-state index contributed by atoms with van der Waals surface area (Å²) in [7, 11) is 0. The minimum atomic E-state index is 0.291. The fourth-order valence-electron chi connectivity index (χ4n) is 9.75. The van der Waals surface area contributed by atoms with Crippen molar-refractivity contribution in [2.45, 2.75) is 19.4 Å². The van der Waals surface area contributed by atoms with Crippen molar-refractivity contribution in [3.8, 4) is 56.0 Å². The quantitative estimate of drug-likeness (QED) is 0.158. The van der Waals surface area contributed by atoms with E-state index in [2.05, 4.69) is 221 Å². The van der Waals surface area contributed by atoms with Gasteiger partial charge in [0.2, 0.25) is 0 Å². The molecule has 0 amide bonds. The number of dihydropyridines is 1. The topological polar surface area (TPSA) is 35.1 Å². The number of aromatic nitrogens is 3. The average molecular weight is 807 g/mol. The number of hydrogen-bond acceptors (Lipinski definition) is 2. The van der Waals surface area contributed by atoms with E-state index in [-0.39, 0.29) is 0 Å². The maximum atomic E-state index is 5.01.